The van der Waals surface area contributed by atoms with Gasteiger partial charge < -0.3 is 23.9 Å². The van der Waals surface area contributed by atoms with E-state index in [1.165, 1.54) is 6.92 Å². The van der Waals surface area contributed by atoms with E-state index in [2.05, 4.69) is 0 Å². The number of ether oxygens (including phenoxy) is 3. The lowest BCUT2D eigenvalue weighted by atomic mass is 9.98. The molecule has 37 heavy (non-hydrogen) atoms. The van der Waals surface area contributed by atoms with Crippen LogP contribution in [0.25, 0.3) is 22.3 Å². The van der Waals surface area contributed by atoms with Gasteiger partial charge in [-0.2, -0.15) is 0 Å². The van der Waals surface area contributed by atoms with E-state index >= 15 is 0 Å². The fourth-order valence-corrected chi connectivity index (χ4v) is 4.26. The van der Waals surface area contributed by atoms with Crippen LogP contribution in [-0.2, 0) is 33.8 Å². The Morgan fingerprint density at radius 3 is 2.49 bits per heavy atom. The first-order valence-electron chi connectivity index (χ1n) is 12.3. The van der Waals surface area contributed by atoms with Gasteiger partial charge in [-0.3, -0.25) is 4.79 Å². The van der Waals surface area contributed by atoms with E-state index in [4.69, 9.17) is 19.2 Å². The summed E-state index contributed by atoms with van der Waals surface area (Å²) >= 11 is 0. The molecule has 0 saturated carbocycles. The molecule has 9 nitrogen and oxygen atoms in total. The largest absolute Gasteiger partial charge is 0.514 e. The normalized spacial score (nSPS) is 14.0. The van der Waals surface area contributed by atoms with Crippen LogP contribution in [0.4, 0.5) is 4.79 Å². The number of aromatic nitrogens is 2. The number of rotatable bonds is 6. The van der Waals surface area contributed by atoms with Crippen molar-refractivity contribution >= 4 is 23.0 Å². The van der Waals surface area contributed by atoms with Crippen molar-refractivity contribution in [3.05, 3.63) is 57.4 Å². The molecule has 1 aliphatic rings. The summed E-state index contributed by atoms with van der Waals surface area (Å²) in [6.07, 6.45) is 0.0939. The zero-order valence-corrected chi connectivity index (χ0v) is 22.0. The highest BCUT2D eigenvalue weighted by atomic mass is 16.7. The number of pyridine rings is 2. The van der Waals surface area contributed by atoms with Crippen LogP contribution in [0.5, 0.6) is 5.75 Å². The van der Waals surface area contributed by atoms with Crippen LogP contribution in [0.2, 0.25) is 0 Å². The first kappa shape index (κ1) is 26.3. The van der Waals surface area contributed by atoms with E-state index in [1.807, 2.05) is 6.92 Å². The number of benzene rings is 1. The number of fused-ring (bicyclic) bond motifs is 4. The molecule has 9 heteroatoms. The third kappa shape index (κ3) is 5.22. The summed E-state index contributed by atoms with van der Waals surface area (Å²) in [5.74, 6) is -0.424. The molecule has 0 spiro atoms. The second-order valence-electron chi connectivity index (χ2n) is 10.4. The number of aryl methyl sites for hydroxylation is 1. The van der Waals surface area contributed by atoms with Crippen LogP contribution in [0.3, 0.4) is 0 Å². The minimum atomic E-state index is -1.60. The van der Waals surface area contributed by atoms with Gasteiger partial charge in [-0.05, 0) is 76.4 Å². The van der Waals surface area contributed by atoms with E-state index in [-0.39, 0.29) is 18.6 Å². The Balaban J connectivity index is 1.66. The van der Waals surface area contributed by atoms with Gasteiger partial charge in [0.1, 0.15) is 18.0 Å². The van der Waals surface area contributed by atoms with Crippen LogP contribution in [0.1, 0.15) is 64.7 Å². The third-order valence-corrected chi connectivity index (χ3v) is 6.42. The van der Waals surface area contributed by atoms with Crippen LogP contribution >= 0.6 is 0 Å². The Bertz CT molecular complexity index is 1450. The van der Waals surface area contributed by atoms with Crippen LogP contribution < -0.4 is 10.3 Å². The standard InChI is InChI=1S/C28H32N2O7/c1-7-18-19-13-17(36-26(33)37-27(3,4)5)10-11-21(19)29-23-20(18)14-30-22(23)12-9-16(24(30)31)15-35-25(32)28(6,34)8-2/h9-13,34H,7-8,14-15H2,1-6H3. The molecule has 0 aliphatic carbocycles. The second kappa shape index (κ2) is 9.63. The smallest absolute Gasteiger partial charge is 0.458 e. The summed E-state index contributed by atoms with van der Waals surface area (Å²) in [7, 11) is 0. The summed E-state index contributed by atoms with van der Waals surface area (Å²) in [5, 5.41) is 10.9. The molecule has 4 rings (SSSR count). The Morgan fingerprint density at radius 2 is 1.84 bits per heavy atom. The number of aliphatic hydroxyl groups is 1. The van der Waals surface area contributed by atoms with Crippen molar-refractivity contribution in [3.63, 3.8) is 0 Å². The predicted molar refractivity (Wildman–Crippen MR) is 137 cm³/mol. The Labute approximate surface area is 215 Å². The summed E-state index contributed by atoms with van der Waals surface area (Å²) in [4.78, 5) is 42.4. The van der Waals surface area contributed by atoms with Crippen LogP contribution in [-0.4, -0.2) is 38.0 Å². The minimum Gasteiger partial charge on any atom is -0.458 e. The molecule has 0 amide bonds. The molecule has 0 radical (unpaired) electrons. The van der Waals surface area contributed by atoms with Gasteiger partial charge in [0.15, 0.2) is 5.60 Å². The zero-order valence-electron chi connectivity index (χ0n) is 22.0. The third-order valence-electron chi connectivity index (χ3n) is 6.42. The van der Waals surface area contributed by atoms with Crippen molar-refractivity contribution in [1.82, 2.24) is 9.55 Å². The minimum absolute atomic E-state index is 0.202. The molecule has 196 valence electrons. The monoisotopic (exact) mass is 508 g/mol. The maximum Gasteiger partial charge on any atom is 0.514 e. The van der Waals surface area contributed by atoms with Crippen molar-refractivity contribution in [2.24, 2.45) is 0 Å². The molecule has 2 aromatic heterocycles. The van der Waals surface area contributed by atoms with Crippen LogP contribution in [0.15, 0.2) is 35.1 Å². The van der Waals surface area contributed by atoms with Gasteiger partial charge in [0, 0.05) is 10.9 Å². The average molecular weight is 509 g/mol. The van der Waals surface area contributed by atoms with Crippen molar-refractivity contribution in [3.8, 4) is 17.1 Å². The summed E-state index contributed by atoms with van der Waals surface area (Å²) in [6.45, 7) is 10.5. The molecule has 0 saturated heterocycles. The van der Waals surface area contributed by atoms with Crippen molar-refractivity contribution in [2.75, 3.05) is 0 Å². The number of hydrogen-bond donors (Lipinski definition) is 1. The van der Waals surface area contributed by atoms with Crippen LogP contribution in [0, 0.1) is 0 Å². The summed E-state index contributed by atoms with van der Waals surface area (Å²) < 4.78 is 17.5. The van der Waals surface area contributed by atoms with Gasteiger partial charge in [-0.15, -0.1) is 0 Å². The number of hydrogen-bond acceptors (Lipinski definition) is 8. The van der Waals surface area contributed by atoms with Gasteiger partial charge in [0.05, 0.1) is 29.0 Å². The Hall–Kier alpha value is -3.72. The van der Waals surface area contributed by atoms with E-state index in [0.29, 0.717) is 35.5 Å². The number of esters is 1. The lowest BCUT2D eigenvalue weighted by molar-refractivity contribution is -0.165. The van der Waals surface area contributed by atoms with Crippen molar-refractivity contribution in [1.29, 1.82) is 0 Å². The summed E-state index contributed by atoms with van der Waals surface area (Å²) in [6, 6.07) is 8.64. The van der Waals surface area contributed by atoms with E-state index in [1.54, 1.807) is 62.6 Å². The molecule has 1 unspecified atom stereocenters. The molecular formula is C28H32N2O7. The van der Waals surface area contributed by atoms with E-state index in [9.17, 15) is 19.5 Å². The Kier molecular flexibility index (Phi) is 6.85. The van der Waals surface area contributed by atoms with E-state index < -0.39 is 23.3 Å². The average Bonchev–Trinajstić information content (AvgIpc) is 3.19. The molecule has 1 aromatic carbocycles. The fourth-order valence-electron chi connectivity index (χ4n) is 4.26. The van der Waals surface area contributed by atoms with E-state index in [0.717, 1.165) is 22.2 Å². The molecule has 0 fully saturated rings. The van der Waals surface area contributed by atoms with Crippen molar-refractivity contribution < 1.29 is 28.9 Å². The molecule has 3 aromatic rings. The number of nitrogens with zero attached hydrogens (tertiary/aromatic N) is 2. The molecule has 1 atom stereocenters. The summed E-state index contributed by atoms with van der Waals surface area (Å²) in [5.41, 5.74) is 1.81. The maximum atomic E-state index is 13.3. The Morgan fingerprint density at radius 1 is 1.11 bits per heavy atom. The van der Waals surface area contributed by atoms with Gasteiger partial charge >= 0.3 is 12.1 Å². The first-order valence-corrected chi connectivity index (χ1v) is 12.3. The molecular weight excluding hydrogens is 476 g/mol. The van der Waals surface area contributed by atoms with Gasteiger partial charge in [0.25, 0.3) is 5.56 Å². The SMILES string of the molecule is CCc1c2c(nc3ccc(OC(=O)OC(C)(C)C)cc13)-c1ccc(COC(=O)C(C)(O)CC)c(=O)n1C2. The molecule has 0 bridgehead atoms. The number of carbonyl (C=O) groups is 2. The lowest BCUT2D eigenvalue weighted by Gasteiger charge is -2.19. The molecule has 1 N–H and O–H groups in total. The molecule has 1 aliphatic heterocycles. The highest BCUT2D eigenvalue weighted by molar-refractivity contribution is 5.89. The lowest BCUT2D eigenvalue weighted by Crippen LogP contribution is -2.36. The zero-order chi connectivity index (χ0) is 27.1. The van der Waals surface area contributed by atoms with Gasteiger partial charge in [-0.1, -0.05) is 13.8 Å². The highest BCUT2D eigenvalue weighted by Gasteiger charge is 2.31. The topological polar surface area (TPSA) is 117 Å². The molecule has 3 heterocycles. The second-order valence-corrected chi connectivity index (χ2v) is 10.4. The number of carbonyl (C=O) groups excluding carboxylic acids is 2. The maximum absolute atomic E-state index is 13.3. The highest BCUT2D eigenvalue weighted by Crippen LogP contribution is 2.36. The van der Waals surface area contributed by atoms with Gasteiger partial charge in [0.2, 0.25) is 0 Å². The quantitative estimate of drug-likeness (QED) is 0.299. The first-order chi connectivity index (χ1) is 17.3. The predicted octanol–water partition coefficient (Wildman–Crippen LogP) is 4.51. The fraction of sp³-hybridized carbons (Fsp3) is 0.429. The van der Waals surface area contributed by atoms with Gasteiger partial charge in [-0.25, -0.2) is 14.6 Å². The van der Waals surface area contributed by atoms with Crippen molar-refractivity contribution in [2.45, 2.75) is 78.7 Å².